The monoisotopic (exact) mass is 481 g/mol. The Morgan fingerprint density at radius 1 is 1.16 bits per heavy atom. The summed E-state index contributed by atoms with van der Waals surface area (Å²) in [4.78, 5) is 4.27. The van der Waals surface area contributed by atoms with Gasteiger partial charge in [-0.3, -0.25) is 4.99 Å². The first-order valence-corrected chi connectivity index (χ1v) is 9.38. The van der Waals surface area contributed by atoms with E-state index < -0.39 is 0 Å². The van der Waals surface area contributed by atoms with Crippen LogP contribution in [-0.2, 0) is 6.42 Å². The third kappa shape index (κ3) is 8.89. The number of ether oxygens (including phenoxy) is 2. The first-order valence-electron chi connectivity index (χ1n) is 8.16. The number of rotatable bonds is 9. The number of hydrogen-bond acceptors (Lipinski definition) is 4. The minimum Gasteiger partial charge on any atom is -0.493 e. The maximum atomic E-state index is 5.34. The van der Waals surface area contributed by atoms with Gasteiger partial charge in [0.15, 0.2) is 17.5 Å². The normalized spacial score (nSPS) is 11.5. The molecule has 1 aromatic rings. The lowest BCUT2D eigenvalue weighted by Crippen LogP contribution is -2.43. The molecular weight excluding hydrogens is 449 g/mol. The Balaban J connectivity index is 0.00000576. The number of halogens is 1. The van der Waals surface area contributed by atoms with E-state index in [1.807, 2.05) is 23.9 Å². The first kappa shape index (κ1) is 24.2. The highest BCUT2D eigenvalue weighted by molar-refractivity contribution is 14.0. The highest BCUT2D eigenvalue weighted by Gasteiger charge is 2.15. The van der Waals surface area contributed by atoms with Crippen molar-refractivity contribution in [2.75, 3.05) is 40.6 Å². The zero-order valence-corrected chi connectivity index (χ0v) is 19.3. The zero-order valence-electron chi connectivity index (χ0n) is 16.1. The predicted octanol–water partition coefficient (Wildman–Crippen LogP) is 3.56. The van der Waals surface area contributed by atoms with Gasteiger partial charge >= 0.3 is 0 Å². The van der Waals surface area contributed by atoms with Crippen LogP contribution >= 0.6 is 35.7 Å². The average Bonchev–Trinajstić information content (AvgIpc) is 2.60. The molecule has 25 heavy (non-hydrogen) atoms. The van der Waals surface area contributed by atoms with Crippen LogP contribution in [0.4, 0.5) is 0 Å². The molecular formula is C18H32IN3O2S. The summed E-state index contributed by atoms with van der Waals surface area (Å²) in [5.74, 6) is 2.39. The number of methoxy groups -OCH3 is 2. The van der Waals surface area contributed by atoms with Gasteiger partial charge in [-0.05, 0) is 50.6 Å². The summed E-state index contributed by atoms with van der Waals surface area (Å²) in [5, 5.41) is 6.74. The molecule has 1 aromatic carbocycles. The summed E-state index contributed by atoms with van der Waals surface area (Å²) in [6.45, 7) is 6.18. The number of nitrogens with one attached hydrogen (secondary N) is 2. The molecule has 0 aliphatic carbocycles. The Bertz CT molecular complexity index is 539. The van der Waals surface area contributed by atoms with Crippen molar-refractivity contribution in [1.29, 1.82) is 0 Å². The summed E-state index contributed by atoms with van der Waals surface area (Å²) >= 11 is 1.84. The highest BCUT2D eigenvalue weighted by atomic mass is 127. The quantitative estimate of drug-likeness (QED) is 0.245. The minimum absolute atomic E-state index is 0. The van der Waals surface area contributed by atoms with Crippen molar-refractivity contribution in [3.63, 3.8) is 0 Å². The molecule has 0 spiro atoms. The van der Waals surface area contributed by atoms with Gasteiger partial charge in [-0.15, -0.1) is 24.0 Å². The molecule has 0 bridgehead atoms. The molecule has 2 N–H and O–H groups in total. The van der Waals surface area contributed by atoms with Crippen molar-refractivity contribution in [3.05, 3.63) is 23.8 Å². The van der Waals surface area contributed by atoms with E-state index in [4.69, 9.17) is 9.47 Å². The van der Waals surface area contributed by atoms with Crippen LogP contribution < -0.4 is 20.1 Å². The second-order valence-electron chi connectivity index (χ2n) is 6.11. The summed E-state index contributed by atoms with van der Waals surface area (Å²) < 4.78 is 10.8. The molecule has 7 heteroatoms. The van der Waals surface area contributed by atoms with Crippen molar-refractivity contribution >= 4 is 41.7 Å². The van der Waals surface area contributed by atoms with Crippen LogP contribution in [0.15, 0.2) is 23.2 Å². The number of aliphatic imine (C=N–C) groups is 1. The van der Waals surface area contributed by atoms with Gasteiger partial charge in [-0.25, -0.2) is 0 Å². The molecule has 1 rings (SSSR count). The molecule has 0 aliphatic rings. The molecule has 0 unspecified atom stereocenters. The van der Waals surface area contributed by atoms with E-state index in [1.54, 1.807) is 21.3 Å². The maximum Gasteiger partial charge on any atom is 0.191 e. The van der Waals surface area contributed by atoms with Crippen molar-refractivity contribution in [2.24, 2.45) is 4.99 Å². The smallest absolute Gasteiger partial charge is 0.191 e. The molecule has 0 saturated carbocycles. The lowest BCUT2D eigenvalue weighted by molar-refractivity contribution is 0.354. The van der Waals surface area contributed by atoms with E-state index >= 15 is 0 Å². The molecule has 0 aromatic heterocycles. The summed E-state index contributed by atoms with van der Waals surface area (Å²) in [6.07, 6.45) is 4.11. The highest BCUT2D eigenvalue weighted by Crippen LogP contribution is 2.27. The van der Waals surface area contributed by atoms with Gasteiger partial charge in [0.25, 0.3) is 0 Å². The molecule has 0 heterocycles. The van der Waals surface area contributed by atoms with Crippen LogP contribution in [-0.4, -0.2) is 51.3 Å². The molecule has 0 aliphatic heterocycles. The van der Waals surface area contributed by atoms with E-state index in [0.29, 0.717) is 0 Å². The predicted molar refractivity (Wildman–Crippen MR) is 120 cm³/mol. The van der Waals surface area contributed by atoms with Gasteiger partial charge in [0.2, 0.25) is 0 Å². The van der Waals surface area contributed by atoms with Gasteiger partial charge < -0.3 is 20.1 Å². The van der Waals surface area contributed by atoms with E-state index in [2.05, 4.69) is 41.8 Å². The molecule has 0 saturated heterocycles. The van der Waals surface area contributed by atoms with Gasteiger partial charge in [0.05, 0.1) is 14.2 Å². The Hall–Kier alpha value is -0.830. The zero-order chi connectivity index (χ0) is 18.0. The fourth-order valence-corrected chi connectivity index (χ4v) is 2.34. The maximum absolute atomic E-state index is 5.34. The van der Waals surface area contributed by atoms with Crippen LogP contribution in [0.25, 0.3) is 0 Å². The number of guanidine groups is 1. The van der Waals surface area contributed by atoms with Gasteiger partial charge in [-0.1, -0.05) is 6.07 Å². The Morgan fingerprint density at radius 3 is 2.40 bits per heavy atom. The van der Waals surface area contributed by atoms with E-state index in [-0.39, 0.29) is 28.7 Å². The van der Waals surface area contributed by atoms with Crippen molar-refractivity contribution in [1.82, 2.24) is 10.6 Å². The van der Waals surface area contributed by atoms with Crippen molar-refractivity contribution in [2.45, 2.75) is 31.4 Å². The van der Waals surface area contributed by atoms with Crippen molar-refractivity contribution < 1.29 is 9.47 Å². The summed E-state index contributed by atoms with van der Waals surface area (Å²) in [5.41, 5.74) is 1.24. The molecule has 0 atom stereocenters. The fraction of sp³-hybridized carbons (Fsp3) is 0.611. The molecule has 0 fully saturated rings. The lowest BCUT2D eigenvalue weighted by Gasteiger charge is -2.23. The van der Waals surface area contributed by atoms with Crippen LogP contribution in [0.2, 0.25) is 0 Å². The first-order chi connectivity index (χ1) is 11.5. The van der Waals surface area contributed by atoms with Crippen LogP contribution in [0.1, 0.15) is 25.8 Å². The van der Waals surface area contributed by atoms with Crippen LogP contribution in [0, 0.1) is 0 Å². The number of benzene rings is 1. The third-order valence-corrected chi connectivity index (χ3v) is 5.09. The van der Waals surface area contributed by atoms with Crippen LogP contribution in [0.3, 0.4) is 0 Å². The Morgan fingerprint density at radius 2 is 1.84 bits per heavy atom. The SMILES string of the molecule is CN=C(NCCCc1ccc(OC)c(OC)c1)NCC(C)(C)SC.I. The Kier molecular flexibility index (Phi) is 12.1. The molecule has 0 amide bonds. The van der Waals surface area contributed by atoms with Crippen LogP contribution in [0.5, 0.6) is 11.5 Å². The molecule has 5 nitrogen and oxygen atoms in total. The molecule has 0 radical (unpaired) electrons. The van der Waals surface area contributed by atoms with E-state index in [0.717, 1.165) is 43.4 Å². The number of hydrogen-bond donors (Lipinski definition) is 2. The standard InChI is InChI=1S/C18H31N3O2S.HI/c1-18(2,24-6)13-21-17(19-3)20-11-7-8-14-9-10-15(22-4)16(12-14)23-5;/h9-10,12H,7-8,11,13H2,1-6H3,(H2,19,20,21);1H. The number of nitrogens with zero attached hydrogens (tertiary/aromatic N) is 1. The van der Waals surface area contributed by atoms with E-state index in [9.17, 15) is 0 Å². The van der Waals surface area contributed by atoms with Gasteiger partial charge in [0.1, 0.15) is 0 Å². The third-order valence-electron chi connectivity index (χ3n) is 3.84. The van der Waals surface area contributed by atoms with Gasteiger partial charge in [-0.2, -0.15) is 11.8 Å². The van der Waals surface area contributed by atoms with E-state index in [1.165, 1.54) is 5.56 Å². The lowest BCUT2D eigenvalue weighted by atomic mass is 10.1. The second kappa shape index (κ2) is 12.5. The van der Waals surface area contributed by atoms with Crippen molar-refractivity contribution in [3.8, 4) is 11.5 Å². The molecule has 144 valence electrons. The number of thioether (sulfide) groups is 1. The fourth-order valence-electron chi connectivity index (χ4n) is 2.12. The second-order valence-corrected chi connectivity index (χ2v) is 7.62. The minimum atomic E-state index is 0. The topological polar surface area (TPSA) is 54.9 Å². The largest absolute Gasteiger partial charge is 0.493 e. The Labute approximate surface area is 173 Å². The average molecular weight is 481 g/mol. The summed E-state index contributed by atoms with van der Waals surface area (Å²) in [6, 6.07) is 6.06. The number of aryl methyl sites for hydroxylation is 1. The van der Waals surface area contributed by atoms with Gasteiger partial charge in [0, 0.05) is 24.9 Å². The summed E-state index contributed by atoms with van der Waals surface area (Å²) in [7, 11) is 5.11.